The number of carbonyl (C=O) groups excluding carboxylic acids is 2. The molecule has 4 nitrogen and oxygen atoms in total. The lowest BCUT2D eigenvalue weighted by molar-refractivity contribution is -0.107. The highest BCUT2D eigenvalue weighted by molar-refractivity contribution is 5.48. The molecular formula is C16H40N2O2. The molecule has 20 heavy (non-hydrogen) atoms. The molecule has 0 fully saturated rings. The minimum Gasteiger partial charge on any atom is -0.307 e. The van der Waals surface area contributed by atoms with Crippen molar-refractivity contribution in [1.82, 2.24) is 10.9 Å². The molecule has 0 aliphatic rings. The van der Waals surface area contributed by atoms with Gasteiger partial charge >= 0.3 is 0 Å². The molecule has 0 unspecified atom stereocenters. The summed E-state index contributed by atoms with van der Waals surface area (Å²) in [4.78, 5) is 17.2. The van der Waals surface area contributed by atoms with Crippen LogP contribution in [0.3, 0.4) is 0 Å². The fourth-order valence-corrected chi connectivity index (χ4v) is 0.427. The van der Waals surface area contributed by atoms with Crippen molar-refractivity contribution in [3.05, 3.63) is 13.2 Å². The zero-order chi connectivity index (χ0) is 18.0. The van der Waals surface area contributed by atoms with Gasteiger partial charge in [0, 0.05) is 12.0 Å². The molecule has 0 saturated heterocycles. The van der Waals surface area contributed by atoms with E-state index < -0.39 is 0 Å². The van der Waals surface area contributed by atoms with Crippen molar-refractivity contribution in [1.29, 1.82) is 0 Å². The van der Waals surface area contributed by atoms with Gasteiger partial charge in [-0.2, -0.15) is 0 Å². The molecule has 0 radical (unpaired) electrons. The summed E-state index contributed by atoms with van der Waals surface area (Å²) in [5.74, 6) is 0. The Morgan fingerprint density at radius 3 is 1.30 bits per heavy atom. The first-order chi connectivity index (χ1) is 9.54. The first-order valence-corrected chi connectivity index (χ1v) is 7.20. The van der Waals surface area contributed by atoms with Crippen molar-refractivity contribution in [3.8, 4) is 0 Å². The van der Waals surface area contributed by atoms with Crippen LogP contribution in [0.15, 0.2) is 13.2 Å². The lowest BCUT2D eigenvalue weighted by Crippen LogP contribution is -2.45. The van der Waals surface area contributed by atoms with Gasteiger partial charge in [-0.3, -0.25) is 10.9 Å². The van der Waals surface area contributed by atoms with Crippen LogP contribution in [0, 0.1) is 0 Å². The van der Waals surface area contributed by atoms with Crippen LogP contribution in [0.5, 0.6) is 0 Å². The predicted molar refractivity (Wildman–Crippen MR) is 94.0 cm³/mol. The molecule has 0 spiro atoms. The third-order valence-corrected chi connectivity index (χ3v) is 1.51. The highest BCUT2D eigenvalue weighted by Crippen LogP contribution is 2.03. The van der Waals surface area contributed by atoms with Gasteiger partial charge < -0.3 is 9.59 Å². The van der Waals surface area contributed by atoms with Crippen LogP contribution in [0.25, 0.3) is 0 Å². The van der Waals surface area contributed by atoms with E-state index in [1.807, 2.05) is 48.5 Å². The highest BCUT2D eigenvalue weighted by atomic mass is 16.1. The second kappa shape index (κ2) is 52.0. The van der Waals surface area contributed by atoms with Crippen LogP contribution in [0.1, 0.15) is 68.2 Å². The van der Waals surface area contributed by atoms with Crippen molar-refractivity contribution < 1.29 is 9.59 Å². The smallest absolute Gasteiger partial charge is 0.119 e. The third kappa shape index (κ3) is 88.8. The molecule has 0 aromatic heterocycles. The van der Waals surface area contributed by atoms with Crippen molar-refractivity contribution in [3.63, 3.8) is 0 Å². The van der Waals surface area contributed by atoms with Crippen LogP contribution in [0.4, 0.5) is 0 Å². The van der Waals surface area contributed by atoms with Crippen molar-refractivity contribution in [2.24, 2.45) is 0 Å². The number of carbonyl (C=O) groups is 2. The quantitative estimate of drug-likeness (QED) is 0.464. The standard InChI is InChI=1S/C6H16N2.C3H6O.2C2H6.C2H4.CH2O/c1-5-6(2,3)8-7-4;1-2-3-4;4*1-2/h7-8H,5H2,1-4H3;3H,2H2,1H3;2*1-2H3;1-2H2;1H2. The van der Waals surface area contributed by atoms with E-state index in [2.05, 4.69) is 44.8 Å². The maximum atomic E-state index is 9.17. The van der Waals surface area contributed by atoms with E-state index in [0.717, 1.165) is 12.7 Å². The summed E-state index contributed by atoms with van der Waals surface area (Å²) in [6.45, 7) is 24.3. The van der Waals surface area contributed by atoms with Gasteiger partial charge in [-0.25, -0.2) is 0 Å². The SMILES string of the molecule is C=C.C=O.CC.CC.CCC(C)(C)NNC.CCC=O. The Labute approximate surface area is 128 Å². The molecule has 0 heterocycles. The molecular weight excluding hydrogens is 252 g/mol. The first-order valence-electron chi connectivity index (χ1n) is 7.20. The molecule has 0 atom stereocenters. The molecule has 0 aromatic carbocycles. The molecule has 0 aliphatic heterocycles. The molecule has 0 rings (SSSR count). The zero-order valence-corrected chi connectivity index (χ0v) is 15.4. The van der Waals surface area contributed by atoms with Gasteiger partial charge in [0.1, 0.15) is 13.1 Å². The summed E-state index contributed by atoms with van der Waals surface area (Å²) in [6, 6.07) is 0. The summed E-state index contributed by atoms with van der Waals surface area (Å²) in [5.41, 5.74) is 6.26. The lowest BCUT2D eigenvalue weighted by atomic mass is 10.0. The van der Waals surface area contributed by atoms with Crippen LogP contribution >= 0.6 is 0 Å². The van der Waals surface area contributed by atoms with Gasteiger partial charge in [0.05, 0.1) is 0 Å². The van der Waals surface area contributed by atoms with Crippen molar-refractivity contribution in [2.45, 2.75) is 73.8 Å². The van der Waals surface area contributed by atoms with E-state index in [0.29, 0.717) is 6.42 Å². The number of rotatable bonds is 4. The fraction of sp³-hybridized carbons (Fsp3) is 0.750. The number of hydrogen-bond donors (Lipinski definition) is 2. The third-order valence-electron chi connectivity index (χ3n) is 1.51. The zero-order valence-electron chi connectivity index (χ0n) is 15.4. The Morgan fingerprint density at radius 2 is 1.25 bits per heavy atom. The van der Waals surface area contributed by atoms with Crippen LogP contribution in [-0.2, 0) is 9.59 Å². The summed E-state index contributed by atoms with van der Waals surface area (Å²) < 4.78 is 0. The Bertz CT molecular complexity index is 128. The van der Waals surface area contributed by atoms with E-state index >= 15 is 0 Å². The van der Waals surface area contributed by atoms with E-state index in [1.54, 1.807) is 0 Å². The molecule has 4 heteroatoms. The summed E-state index contributed by atoms with van der Waals surface area (Å²) in [6.07, 6.45) is 2.65. The minimum absolute atomic E-state index is 0.231. The van der Waals surface area contributed by atoms with Crippen molar-refractivity contribution >= 4 is 13.1 Å². The van der Waals surface area contributed by atoms with Crippen molar-refractivity contribution in [2.75, 3.05) is 7.05 Å². The van der Waals surface area contributed by atoms with E-state index in [-0.39, 0.29) is 5.54 Å². The summed E-state index contributed by atoms with van der Waals surface area (Å²) >= 11 is 0. The van der Waals surface area contributed by atoms with Crippen LogP contribution in [-0.4, -0.2) is 25.7 Å². The predicted octanol–water partition coefficient (Wildman–Crippen LogP) is 4.16. The van der Waals surface area contributed by atoms with Gasteiger partial charge in [0.25, 0.3) is 0 Å². The number of hydrazine groups is 1. The maximum absolute atomic E-state index is 9.17. The van der Waals surface area contributed by atoms with Crippen LogP contribution < -0.4 is 10.9 Å². The monoisotopic (exact) mass is 292 g/mol. The Morgan fingerprint density at radius 1 is 1.00 bits per heavy atom. The maximum Gasteiger partial charge on any atom is 0.119 e. The number of hydrogen-bond acceptors (Lipinski definition) is 4. The Balaban J connectivity index is -0.0000000348. The van der Waals surface area contributed by atoms with Gasteiger partial charge in [-0.1, -0.05) is 41.5 Å². The second-order valence-electron chi connectivity index (χ2n) is 3.19. The average molecular weight is 293 g/mol. The normalized spacial score (nSPS) is 7.05. The first kappa shape index (κ1) is 36.4. The van der Waals surface area contributed by atoms with E-state index in [4.69, 9.17) is 4.79 Å². The Kier molecular flexibility index (Phi) is 94.7. The molecule has 2 N–H and O–H groups in total. The van der Waals surface area contributed by atoms with E-state index in [9.17, 15) is 4.79 Å². The fourth-order valence-electron chi connectivity index (χ4n) is 0.427. The lowest BCUT2D eigenvalue weighted by Gasteiger charge is -2.23. The van der Waals surface area contributed by atoms with Crippen LogP contribution in [0.2, 0.25) is 0 Å². The molecule has 0 aliphatic carbocycles. The Hall–Kier alpha value is -1.00. The minimum atomic E-state index is 0.231. The molecule has 0 bridgehead atoms. The highest BCUT2D eigenvalue weighted by Gasteiger charge is 2.11. The molecule has 0 saturated carbocycles. The van der Waals surface area contributed by atoms with Gasteiger partial charge in [-0.15, -0.1) is 13.2 Å². The summed E-state index contributed by atoms with van der Waals surface area (Å²) in [7, 11) is 1.89. The number of nitrogens with one attached hydrogen (secondary N) is 2. The van der Waals surface area contributed by atoms with Gasteiger partial charge in [0.2, 0.25) is 0 Å². The molecule has 0 amide bonds. The molecule has 126 valence electrons. The average Bonchev–Trinajstić information content (AvgIpc) is 2.55. The van der Waals surface area contributed by atoms with Gasteiger partial charge in [0.15, 0.2) is 0 Å². The summed E-state index contributed by atoms with van der Waals surface area (Å²) in [5, 5.41) is 0. The topological polar surface area (TPSA) is 58.2 Å². The van der Waals surface area contributed by atoms with E-state index in [1.165, 1.54) is 0 Å². The largest absolute Gasteiger partial charge is 0.307 e. The molecule has 0 aromatic rings. The number of aldehydes is 1. The second-order valence-corrected chi connectivity index (χ2v) is 3.19. The van der Waals surface area contributed by atoms with Gasteiger partial charge in [-0.05, 0) is 27.3 Å².